The largest absolute Gasteiger partial charge is 0.472 e. The lowest BCUT2D eigenvalue weighted by atomic mass is 10.3. The van der Waals surface area contributed by atoms with Crippen molar-refractivity contribution in [1.29, 1.82) is 0 Å². The maximum absolute atomic E-state index is 5.53. The molecule has 0 saturated carbocycles. The number of fused-ring (bicyclic) bond motifs is 1. The smallest absolute Gasteiger partial charge is 0.163 e. The van der Waals surface area contributed by atoms with Crippen LogP contribution < -0.4 is 11.3 Å². The zero-order valence-electron chi connectivity index (χ0n) is 11.9. The molecule has 0 saturated heterocycles. The van der Waals surface area contributed by atoms with Crippen LogP contribution in [0.2, 0.25) is 0 Å². The van der Waals surface area contributed by atoms with Crippen LogP contribution in [0.4, 0.5) is 5.82 Å². The highest BCUT2D eigenvalue weighted by Gasteiger charge is 2.12. The number of aromatic nitrogens is 4. The van der Waals surface area contributed by atoms with Crippen molar-refractivity contribution in [2.24, 2.45) is 12.9 Å². The topological polar surface area (TPSA) is 98.0 Å². The Balaban J connectivity index is 1.84. The number of furan rings is 1. The third kappa shape index (κ3) is 2.71. The maximum Gasteiger partial charge on any atom is 0.163 e. The third-order valence-corrected chi connectivity index (χ3v) is 3.22. The minimum absolute atomic E-state index is 0.583. The van der Waals surface area contributed by atoms with E-state index in [1.165, 1.54) is 0 Å². The van der Waals surface area contributed by atoms with Crippen LogP contribution in [0.5, 0.6) is 0 Å². The molecule has 110 valence electrons. The van der Waals surface area contributed by atoms with E-state index < -0.39 is 0 Å². The van der Waals surface area contributed by atoms with Crippen LogP contribution in [0.3, 0.4) is 0 Å². The standard InChI is InChI=1S/C13H17N7O/c1-19(6-9-3-4-21-8-9)7-11-16-12(18-14)10-5-15-20(2)13(10)17-11/h3-5,8H,6-7,14H2,1-2H3,(H,16,17,18). The van der Waals surface area contributed by atoms with Crippen LogP contribution in [0.25, 0.3) is 11.0 Å². The van der Waals surface area contributed by atoms with Gasteiger partial charge in [0.1, 0.15) is 5.82 Å². The summed E-state index contributed by atoms with van der Waals surface area (Å²) in [6, 6.07) is 1.94. The van der Waals surface area contributed by atoms with Crippen LogP contribution >= 0.6 is 0 Å². The van der Waals surface area contributed by atoms with E-state index in [2.05, 4.69) is 25.4 Å². The van der Waals surface area contributed by atoms with Crippen LogP contribution in [0.1, 0.15) is 11.4 Å². The number of aryl methyl sites for hydroxylation is 1. The number of hydrazine groups is 1. The molecule has 0 aromatic carbocycles. The molecule has 0 amide bonds. The Hall–Kier alpha value is -2.45. The Morgan fingerprint density at radius 1 is 1.38 bits per heavy atom. The first-order valence-electron chi connectivity index (χ1n) is 6.52. The van der Waals surface area contributed by atoms with Gasteiger partial charge in [0.25, 0.3) is 0 Å². The summed E-state index contributed by atoms with van der Waals surface area (Å²) in [6.45, 7) is 1.36. The fourth-order valence-corrected chi connectivity index (χ4v) is 2.24. The Labute approximate surface area is 121 Å². The van der Waals surface area contributed by atoms with E-state index in [0.29, 0.717) is 18.2 Å². The van der Waals surface area contributed by atoms with Gasteiger partial charge in [-0.25, -0.2) is 15.8 Å². The first-order valence-corrected chi connectivity index (χ1v) is 6.52. The third-order valence-electron chi connectivity index (χ3n) is 3.22. The van der Waals surface area contributed by atoms with Gasteiger partial charge in [0.15, 0.2) is 11.5 Å². The number of nitrogen functional groups attached to an aromatic ring is 1. The molecule has 0 aliphatic carbocycles. The first kappa shape index (κ1) is 13.5. The highest BCUT2D eigenvalue weighted by molar-refractivity contribution is 5.86. The molecule has 8 heteroatoms. The van der Waals surface area contributed by atoms with Crippen molar-refractivity contribution in [2.75, 3.05) is 12.5 Å². The summed E-state index contributed by atoms with van der Waals surface area (Å²) >= 11 is 0. The molecule has 0 radical (unpaired) electrons. The number of anilines is 1. The van der Waals surface area contributed by atoms with E-state index in [4.69, 9.17) is 10.3 Å². The van der Waals surface area contributed by atoms with Gasteiger partial charge in [-0.15, -0.1) is 0 Å². The number of rotatable bonds is 5. The van der Waals surface area contributed by atoms with E-state index in [1.807, 2.05) is 20.2 Å². The lowest BCUT2D eigenvalue weighted by Gasteiger charge is -2.15. The van der Waals surface area contributed by atoms with Gasteiger partial charge in [-0.3, -0.25) is 9.58 Å². The maximum atomic E-state index is 5.53. The van der Waals surface area contributed by atoms with Gasteiger partial charge in [0, 0.05) is 19.2 Å². The van der Waals surface area contributed by atoms with Gasteiger partial charge in [0.05, 0.1) is 30.7 Å². The molecule has 3 aromatic heterocycles. The SMILES string of the molecule is CN(Cc1ccoc1)Cc1nc(NN)c2cnn(C)c2n1. The second-order valence-electron chi connectivity index (χ2n) is 4.94. The Kier molecular flexibility index (Phi) is 3.55. The Bertz CT molecular complexity index is 734. The Morgan fingerprint density at radius 3 is 2.95 bits per heavy atom. The summed E-state index contributed by atoms with van der Waals surface area (Å²) in [5.41, 5.74) is 4.47. The van der Waals surface area contributed by atoms with Crippen LogP contribution in [0.15, 0.2) is 29.2 Å². The zero-order chi connectivity index (χ0) is 14.8. The van der Waals surface area contributed by atoms with Crippen molar-refractivity contribution < 1.29 is 4.42 Å². The van der Waals surface area contributed by atoms with Crippen molar-refractivity contribution >= 4 is 16.9 Å². The van der Waals surface area contributed by atoms with Crippen molar-refractivity contribution in [1.82, 2.24) is 24.6 Å². The lowest BCUT2D eigenvalue weighted by Crippen LogP contribution is -2.20. The molecular formula is C13H17N7O. The number of hydrogen-bond acceptors (Lipinski definition) is 7. The molecule has 8 nitrogen and oxygen atoms in total. The average molecular weight is 287 g/mol. The van der Waals surface area contributed by atoms with Crippen LogP contribution in [-0.2, 0) is 20.1 Å². The molecule has 3 aromatic rings. The average Bonchev–Trinajstić information content (AvgIpc) is 3.09. The summed E-state index contributed by atoms with van der Waals surface area (Å²) in [6.07, 6.45) is 5.09. The van der Waals surface area contributed by atoms with Gasteiger partial charge in [-0.05, 0) is 13.1 Å². The van der Waals surface area contributed by atoms with E-state index in [0.717, 1.165) is 23.1 Å². The lowest BCUT2D eigenvalue weighted by molar-refractivity contribution is 0.310. The molecule has 0 bridgehead atoms. The molecule has 0 unspecified atom stereocenters. The first-order chi connectivity index (χ1) is 10.2. The Morgan fingerprint density at radius 2 is 2.24 bits per heavy atom. The molecule has 3 N–H and O–H groups in total. The zero-order valence-corrected chi connectivity index (χ0v) is 11.9. The number of nitrogens with two attached hydrogens (primary N) is 1. The van der Waals surface area contributed by atoms with E-state index in [1.54, 1.807) is 23.4 Å². The highest BCUT2D eigenvalue weighted by atomic mass is 16.3. The molecule has 21 heavy (non-hydrogen) atoms. The van der Waals surface area contributed by atoms with Crippen molar-refractivity contribution in [3.8, 4) is 0 Å². The van der Waals surface area contributed by atoms with Crippen molar-refractivity contribution in [3.63, 3.8) is 0 Å². The normalized spacial score (nSPS) is 11.4. The number of hydrogen-bond donors (Lipinski definition) is 2. The summed E-state index contributed by atoms with van der Waals surface area (Å²) in [7, 11) is 3.84. The molecule has 0 fully saturated rings. The second kappa shape index (κ2) is 5.51. The van der Waals surface area contributed by atoms with Gasteiger partial charge >= 0.3 is 0 Å². The summed E-state index contributed by atoms with van der Waals surface area (Å²) in [4.78, 5) is 11.1. The molecule has 0 atom stereocenters. The molecule has 3 heterocycles. The molecule has 3 rings (SSSR count). The second-order valence-corrected chi connectivity index (χ2v) is 4.94. The quantitative estimate of drug-likeness (QED) is 0.531. The summed E-state index contributed by atoms with van der Waals surface area (Å²) in [5.74, 6) is 6.80. The predicted octanol–water partition coefficient (Wildman–Crippen LogP) is 0.874. The van der Waals surface area contributed by atoms with E-state index >= 15 is 0 Å². The van der Waals surface area contributed by atoms with Crippen LogP contribution in [0, 0.1) is 0 Å². The van der Waals surface area contributed by atoms with Gasteiger partial charge in [-0.1, -0.05) is 0 Å². The number of nitrogens with zero attached hydrogens (tertiary/aromatic N) is 5. The summed E-state index contributed by atoms with van der Waals surface area (Å²) in [5, 5.41) is 4.98. The minimum atomic E-state index is 0.583. The van der Waals surface area contributed by atoms with Gasteiger partial charge in [0.2, 0.25) is 0 Å². The minimum Gasteiger partial charge on any atom is -0.472 e. The van der Waals surface area contributed by atoms with Crippen LogP contribution in [-0.4, -0.2) is 31.7 Å². The van der Waals surface area contributed by atoms with E-state index in [9.17, 15) is 0 Å². The monoisotopic (exact) mass is 287 g/mol. The molecule has 0 aliphatic rings. The fraction of sp³-hybridized carbons (Fsp3) is 0.308. The highest BCUT2D eigenvalue weighted by Crippen LogP contribution is 2.19. The fourth-order valence-electron chi connectivity index (χ4n) is 2.24. The summed E-state index contributed by atoms with van der Waals surface area (Å²) < 4.78 is 6.77. The number of nitrogens with one attached hydrogen (secondary N) is 1. The van der Waals surface area contributed by atoms with Crippen molar-refractivity contribution in [3.05, 3.63) is 36.2 Å². The van der Waals surface area contributed by atoms with E-state index in [-0.39, 0.29) is 0 Å². The molecular weight excluding hydrogens is 270 g/mol. The molecule has 0 aliphatic heterocycles. The molecule has 0 spiro atoms. The van der Waals surface area contributed by atoms with Gasteiger partial charge < -0.3 is 9.84 Å². The predicted molar refractivity (Wildman–Crippen MR) is 78.0 cm³/mol. The van der Waals surface area contributed by atoms with Gasteiger partial charge in [-0.2, -0.15) is 5.10 Å². The van der Waals surface area contributed by atoms with Crippen molar-refractivity contribution in [2.45, 2.75) is 13.1 Å².